The van der Waals surface area contributed by atoms with Crippen molar-refractivity contribution in [2.24, 2.45) is 0 Å². The molecule has 0 fully saturated rings. The Morgan fingerprint density at radius 2 is 2.08 bits per heavy atom. The fourth-order valence-corrected chi connectivity index (χ4v) is 1.28. The molecule has 0 spiro atoms. The second kappa shape index (κ2) is 6.89. The third kappa shape index (κ3) is 6.58. The first-order chi connectivity index (χ1) is 6.07. The van der Waals surface area contributed by atoms with Gasteiger partial charge in [-0.15, -0.1) is 0 Å². The molecule has 0 rings (SSSR count). The molecule has 0 saturated carbocycles. The maximum Gasteiger partial charge on any atom is 0.317 e. The van der Waals surface area contributed by atoms with Crippen molar-refractivity contribution in [1.29, 1.82) is 0 Å². The highest BCUT2D eigenvalue weighted by Crippen LogP contribution is 2.07. The highest BCUT2D eigenvalue weighted by Gasteiger charge is 2.11. The average Bonchev–Trinajstić information content (AvgIpc) is 2.03. The van der Waals surface area contributed by atoms with Gasteiger partial charge in [0.2, 0.25) is 0 Å². The molecule has 0 amide bonds. The van der Waals surface area contributed by atoms with E-state index in [1.807, 2.05) is 11.9 Å². The van der Waals surface area contributed by atoms with E-state index in [4.69, 9.17) is 5.11 Å². The van der Waals surface area contributed by atoms with Crippen LogP contribution in [0.5, 0.6) is 0 Å². The molecular formula is C10H21NO2. The summed E-state index contributed by atoms with van der Waals surface area (Å²) in [7, 11) is 1.87. The number of hydrogen-bond acceptors (Lipinski definition) is 2. The van der Waals surface area contributed by atoms with Crippen LogP contribution in [0, 0.1) is 0 Å². The highest BCUT2D eigenvalue weighted by atomic mass is 16.4. The molecule has 0 saturated heterocycles. The van der Waals surface area contributed by atoms with Gasteiger partial charge in [-0.05, 0) is 20.4 Å². The first-order valence-electron chi connectivity index (χ1n) is 5.00. The van der Waals surface area contributed by atoms with Gasteiger partial charge < -0.3 is 5.11 Å². The highest BCUT2D eigenvalue weighted by molar-refractivity contribution is 5.69. The molecule has 0 aliphatic rings. The van der Waals surface area contributed by atoms with Gasteiger partial charge in [-0.3, -0.25) is 9.69 Å². The maximum absolute atomic E-state index is 10.4. The zero-order chi connectivity index (χ0) is 10.3. The van der Waals surface area contributed by atoms with E-state index in [0.29, 0.717) is 6.04 Å². The van der Waals surface area contributed by atoms with Crippen LogP contribution in [0.2, 0.25) is 0 Å². The summed E-state index contributed by atoms with van der Waals surface area (Å²) < 4.78 is 0. The van der Waals surface area contributed by atoms with E-state index in [2.05, 4.69) is 13.8 Å². The number of nitrogens with zero attached hydrogens (tertiary/aromatic N) is 1. The summed E-state index contributed by atoms with van der Waals surface area (Å²) in [6, 6.07) is 0.377. The Hall–Kier alpha value is -0.570. The van der Waals surface area contributed by atoms with Crippen molar-refractivity contribution in [2.75, 3.05) is 13.6 Å². The van der Waals surface area contributed by atoms with E-state index >= 15 is 0 Å². The Labute approximate surface area is 80.7 Å². The minimum atomic E-state index is -0.746. The third-order valence-corrected chi connectivity index (χ3v) is 2.36. The first-order valence-corrected chi connectivity index (χ1v) is 5.00. The van der Waals surface area contributed by atoms with Crippen LogP contribution >= 0.6 is 0 Å². The number of carboxylic acids is 1. The Balaban J connectivity index is 3.56. The van der Waals surface area contributed by atoms with Gasteiger partial charge in [0.15, 0.2) is 0 Å². The SMILES string of the molecule is CCCCC[C@H](C)N(C)CC(=O)O. The van der Waals surface area contributed by atoms with Crippen LogP contribution in [-0.2, 0) is 4.79 Å². The lowest BCUT2D eigenvalue weighted by Gasteiger charge is -2.22. The van der Waals surface area contributed by atoms with Crippen LogP contribution in [0.3, 0.4) is 0 Å². The zero-order valence-corrected chi connectivity index (χ0v) is 8.92. The molecule has 0 aliphatic carbocycles. The molecule has 0 heterocycles. The van der Waals surface area contributed by atoms with Crippen molar-refractivity contribution in [1.82, 2.24) is 4.90 Å². The normalized spacial score (nSPS) is 13.2. The van der Waals surface area contributed by atoms with Crippen molar-refractivity contribution in [3.8, 4) is 0 Å². The van der Waals surface area contributed by atoms with E-state index in [-0.39, 0.29) is 6.54 Å². The molecular weight excluding hydrogens is 166 g/mol. The van der Waals surface area contributed by atoms with E-state index in [9.17, 15) is 4.79 Å². The second-order valence-electron chi connectivity index (χ2n) is 3.65. The quantitative estimate of drug-likeness (QED) is 0.619. The summed E-state index contributed by atoms with van der Waals surface area (Å²) in [5.41, 5.74) is 0. The molecule has 0 unspecified atom stereocenters. The average molecular weight is 187 g/mol. The molecule has 1 atom stereocenters. The number of carboxylic acid groups (broad SMARTS) is 1. The number of carbonyl (C=O) groups is 1. The van der Waals surface area contributed by atoms with Crippen LogP contribution in [0.1, 0.15) is 39.5 Å². The lowest BCUT2D eigenvalue weighted by atomic mass is 10.1. The molecule has 13 heavy (non-hydrogen) atoms. The molecule has 3 nitrogen and oxygen atoms in total. The standard InChI is InChI=1S/C10H21NO2/c1-4-5-6-7-9(2)11(3)8-10(12)13/h9H,4-8H2,1-3H3,(H,12,13)/t9-/m0/s1. The fraction of sp³-hybridized carbons (Fsp3) is 0.900. The van der Waals surface area contributed by atoms with Crippen molar-refractivity contribution in [3.63, 3.8) is 0 Å². The molecule has 0 aromatic carbocycles. The fourth-order valence-electron chi connectivity index (χ4n) is 1.28. The summed E-state index contributed by atoms with van der Waals surface area (Å²) in [6.07, 6.45) is 4.75. The Morgan fingerprint density at radius 3 is 2.54 bits per heavy atom. The topological polar surface area (TPSA) is 40.5 Å². The van der Waals surface area contributed by atoms with Gasteiger partial charge in [0.1, 0.15) is 0 Å². The smallest absolute Gasteiger partial charge is 0.317 e. The Morgan fingerprint density at radius 1 is 1.46 bits per heavy atom. The van der Waals surface area contributed by atoms with Crippen LogP contribution in [-0.4, -0.2) is 35.6 Å². The molecule has 1 N–H and O–H groups in total. The minimum Gasteiger partial charge on any atom is -0.480 e. The van der Waals surface area contributed by atoms with E-state index in [0.717, 1.165) is 6.42 Å². The molecule has 0 bridgehead atoms. The number of hydrogen-bond donors (Lipinski definition) is 1. The van der Waals surface area contributed by atoms with Crippen molar-refractivity contribution in [2.45, 2.75) is 45.6 Å². The summed E-state index contributed by atoms with van der Waals surface area (Å²) in [5, 5.41) is 8.56. The predicted molar refractivity (Wildman–Crippen MR) is 53.9 cm³/mol. The molecule has 3 heteroatoms. The number of unbranched alkanes of at least 4 members (excludes halogenated alkanes) is 2. The Bertz CT molecular complexity index is 148. The third-order valence-electron chi connectivity index (χ3n) is 2.36. The maximum atomic E-state index is 10.4. The zero-order valence-electron chi connectivity index (χ0n) is 8.92. The number of likely N-dealkylation sites (N-methyl/N-ethyl adjacent to an activating group) is 1. The second-order valence-corrected chi connectivity index (χ2v) is 3.65. The van der Waals surface area contributed by atoms with Crippen LogP contribution < -0.4 is 0 Å². The van der Waals surface area contributed by atoms with Crippen LogP contribution in [0.15, 0.2) is 0 Å². The number of aliphatic carboxylic acids is 1. The summed E-state index contributed by atoms with van der Waals surface area (Å²) in [5.74, 6) is -0.746. The molecule has 78 valence electrons. The Kier molecular flexibility index (Phi) is 6.59. The van der Waals surface area contributed by atoms with E-state index in [1.54, 1.807) is 0 Å². The number of rotatable bonds is 7. The van der Waals surface area contributed by atoms with E-state index < -0.39 is 5.97 Å². The lowest BCUT2D eigenvalue weighted by Crippen LogP contribution is -2.33. The largest absolute Gasteiger partial charge is 0.480 e. The van der Waals surface area contributed by atoms with Crippen LogP contribution in [0.4, 0.5) is 0 Å². The van der Waals surface area contributed by atoms with Crippen molar-refractivity contribution in [3.05, 3.63) is 0 Å². The van der Waals surface area contributed by atoms with Crippen LogP contribution in [0.25, 0.3) is 0 Å². The molecule has 0 aliphatic heterocycles. The van der Waals surface area contributed by atoms with Gasteiger partial charge in [-0.2, -0.15) is 0 Å². The molecule has 0 aromatic rings. The molecule has 0 aromatic heterocycles. The monoisotopic (exact) mass is 187 g/mol. The predicted octanol–water partition coefficient (Wildman–Crippen LogP) is 1.97. The summed E-state index contributed by atoms with van der Waals surface area (Å²) in [6.45, 7) is 4.40. The van der Waals surface area contributed by atoms with Gasteiger partial charge in [0.05, 0.1) is 6.54 Å². The molecule has 0 radical (unpaired) electrons. The van der Waals surface area contributed by atoms with Gasteiger partial charge in [-0.25, -0.2) is 0 Å². The van der Waals surface area contributed by atoms with Crippen molar-refractivity contribution >= 4 is 5.97 Å². The van der Waals surface area contributed by atoms with Gasteiger partial charge >= 0.3 is 5.97 Å². The summed E-state index contributed by atoms with van der Waals surface area (Å²) >= 11 is 0. The van der Waals surface area contributed by atoms with Gasteiger partial charge in [0.25, 0.3) is 0 Å². The van der Waals surface area contributed by atoms with Gasteiger partial charge in [0, 0.05) is 6.04 Å². The lowest BCUT2D eigenvalue weighted by molar-refractivity contribution is -0.138. The first kappa shape index (κ1) is 12.4. The van der Waals surface area contributed by atoms with Gasteiger partial charge in [-0.1, -0.05) is 26.2 Å². The summed E-state index contributed by atoms with van der Waals surface area (Å²) in [4.78, 5) is 12.3. The van der Waals surface area contributed by atoms with Crippen molar-refractivity contribution < 1.29 is 9.90 Å². The van der Waals surface area contributed by atoms with E-state index in [1.165, 1.54) is 19.3 Å². The minimum absolute atomic E-state index is 0.146.